The molecule has 5 nitrogen and oxygen atoms in total. The number of halogens is 1. The molecule has 3 N–H and O–H groups in total. The monoisotopic (exact) mass is 374 g/mol. The number of fused-ring (bicyclic) bond motifs is 1. The molecular formula is C17H15BrN2O3. The van der Waals surface area contributed by atoms with Gasteiger partial charge in [-0.2, -0.15) is 0 Å². The van der Waals surface area contributed by atoms with E-state index in [0.717, 1.165) is 32.5 Å². The number of anilines is 1. The molecule has 1 amide bonds. The van der Waals surface area contributed by atoms with Crippen LogP contribution in [-0.4, -0.2) is 22.0 Å². The lowest BCUT2D eigenvalue weighted by Crippen LogP contribution is -2.04. The number of hydrogen-bond donors (Lipinski definition) is 3. The molecule has 0 aliphatic carbocycles. The van der Waals surface area contributed by atoms with Crippen LogP contribution in [0.1, 0.15) is 28.8 Å². The van der Waals surface area contributed by atoms with E-state index >= 15 is 0 Å². The Kier molecular flexibility index (Phi) is 4.09. The first-order valence-corrected chi connectivity index (χ1v) is 7.96. The van der Waals surface area contributed by atoms with Gasteiger partial charge in [0.25, 0.3) is 5.91 Å². The maximum atomic E-state index is 12.2. The van der Waals surface area contributed by atoms with Gasteiger partial charge in [-0.25, -0.2) is 0 Å². The van der Waals surface area contributed by atoms with Crippen molar-refractivity contribution < 1.29 is 14.7 Å². The maximum absolute atomic E-state index is 12.2. The normalized spacial score (nSPS) is 14.9. The topological polar surface area (TPSA) is 82.2 Å². The molecule has 0 unspecified atom stereocenters. The second-order valence-electron chi connectivity index (χ2n) is 5.46. The number of carbonyl (C=O) groups is 2. The molecule has 1 aromatic heterocycles. The first kappa shape index (κ1) is 15.6. The van der Waals surface area contributed by atoms with Gasteiger partial charge < -0.3 is 15.4 Å². The maximum Gasteiger partial charge on any atom is 0.303 e. The van der Waals surface area contributed by atoms with Crippen molar-refractivity contribution in [1.82, 2.24) is 4.98 Å². The number of rotatable bonds is 4. The molecule has 118 valence electrons. The highest BCUT2D eigenvalue weighted by atomic mass is 79.9. The predicted octanol–water partition coefficient (Wildman–Crippen LogP) is 3.60. The van der Waals surface area contributed by atoms with E-state index in [9.17, 15) is 9.59 Å². The standard InChI is InChI=1S/C17H15BrN2O3/c1-9-8-19-15(11(9)3-5-16(21)22)7-13-12-6-10(18)2-4-14(12)20-17(13)23/h2,4,6-8,19H,3,5H2,1H3,(H,20,23)(H,21,22). The molecule has 0 fully saturated rings. The zero-order valence-corrected chi connectivity index (χ0v) is 14.0. The molecule has 2 aromatic rings. The Morgan fingerprint density at radius 1 is 1.39 bits per heavy atom. The third kappa shape index (κ3) is 3.07. The molecule has 2 heterocycles. The van der Waals surface area contributed by atoms with Crippen LogP contribution in [0.5, 0.6) is 0 Å². The Morgan fingerprint density at radius 2 is 2.17 bits per heavy atom. The zero-order valence-electron chi connectivity index (χ0n) is 12.4. The Bertz CT molecular complexity index is 836. The van der Waals surface area contributed by atoms with Crippen LogP contribution in [0.25, 0.3) is 11.6 Å². The second kappa shape index (κ2) is 6.04. The summed E-state index contributed by atoms with van der Waals surface area (Å²) in [5.41, 5.74) is 4.88. The molecule has 0 saturated carbocycles. The quantitative estimate of drug-likeness (QED) is 0.715. The first-order chi connectivity index (χ1) is 11.0. The van der Waals surface area contributed by atoms with Gasteiger partial charge in [-0.3, -0.25) is 9.59 Å². The number of carbonyl (C=O) groups excluding carboxylic acids is 1. The van der Waals surface area contributed by atoms with Crippen LogP contribution in [0.15, 0.2) is 28.9 Å². The van der Waals surface area contributed by atoms with Crippen LogP contribution >= 0.6 is 15.9 Å². The molecular weight excluding hydrogens is 360 g/mol. The van der Waals surface area contributed by atoms with Crippen molar-refractivity contribution in [3.8, 4) is 0 Å². The van der Waals surface area contributed by atoms with Crippen LogP contribution in [0.4, 0.5) is 5.69 Å². The molecule has 23 heavy (non-hydrogen) atoms. The van der Waals surface area contributed by atoms with Crippen molar-refractivity contribution in [2.45, 2.75) is 19.8 Å². The van der Waals surface area contributed by atoms with Crippen LogP contribution < -0.4 is 5.32 Å². The number of carboxylic acids is 1. The molecule has 1 aliphatic heterocycles. The lowest BCUT2D eigenvalue weighted by Gasteiger charge is -2.03. The molecule has 1 aromatic carbocycles. The Hall–Kier alpha value is -2.34. The average Bonchev–Trinajstić information content (AvgIpc) is 2.99. The number of nitrogens with one attached hydrogen (secondary N) is 2. The first-order valence-electron chi connectivity index (χ1n) is 7.17. The number of aliphatic carboxylic acids is 1. The van der Waals surface area contributed by atoms with E-state index in [1.165, 1.54) is 0 Å². The SMILES string of the molecule is Cc1c[nH]c(C=C2C(=O)Nc3ccc(Br)cc32)c1CCC(=O)O. The van der Waals surface area contributed by atoms with Gasteiger partial charge in [0, 0.05) is 34.0 Å². The largest absolute Gasteiger partial charge is 0.481 e. The van der Waals surface area contributed by atoms with Crippen molar-refractivity contribution in [1.29, 1.82) is 0 Å². The van der Waals surface area contributed by atoms with E-state index in [1.807, 2.05) is 31.3 Å². The van der Waals surface area contributed by atoms with Crippen molar-refractivity contribution in [2.75, 3.05) is 5.32 Å². The fourth-order valence-electron chi connectivity index (χ4n) is 2.71. The third-order valence-electron chi connectivity index (χ3n) is 3.89. The van der Waals surface area contributed by atoms with Crippen LogP contribution in [0, 0.1) is 6.92 Å². The molecule has 0 radical (unpaired) electrons. The summed E-state index contributed by atoms with van der Waals surface area (Å²) in [6, 6.07) is 5.62. The predicted molar refractivity (Wildman–Crippen MR) is 92.1 cm³/mol. The van der Waals surface area contributed by atoms with E-state index in [-0.39, 0.29) is 12.3 Å². The molecule has 0 bridgehead atoms. The second-order valence-corrected chi connectivity index (χ2v) is 6.38. The minimum Gasteiger partial charge on any atom is -0.481 e. The molecule has 0 saturated heterocycles. The Balaban J connectivity index is 2.01. The fraction of sp³-hybridized carbons (Fsp3) is 0.176. The minimum atomic E-state index is -0.836. The minimum absolute atomic E-state index is 0.0587. The van der Waals surface area contributed by atoms with Gasteiger partial charge in [-0.1, -0.05) is 15.9 Å². The number of aromatic amines is 1. The van der Waals surface area contributed by atoms with E-state index < -0.39 is 5.97 Å². The van der Waals surface area contributed by atoms with Gasteiger partial charge in [0.2, 0.25) is 0 Å². The summed E-state index contributed by atoms with van der Waals surface area (Å²) in [5.74, 6) is -0.994. The lowest BCUT2D eigenvalue weighted by atomic mass is 10.0. The molecule has 3 rings (SSSR count). The van der Waals surface area contributed by atoms with Crippen LogP contribution in [0.2, 0.25) is 0 Å². The highest BCUT2D eigenvalue weighted by Crippen LogP contribution is 2.35. The molecule has 0 atom stereocenters. The zero-order chi connectivity index (χ0) is 16.6. The summed E-state index contributed by atoms with van der Waals surface area (Å²) in [4.78, 5) is 26.2. The van der Waals surface area contributed by atoms with Gasteiger partial charge in [0.15, 0.2) is 0 Å². The fourth-order valence-corrected chi connectivity index (χ4v) is 3.07. The van der Waals surface area contributed by atoms with Gasteiger partial charge in [0.1, 0.15) is 0 Å². The number of H-pyrrole nitrogens is 1. The van der Waals surface area contributed by atoms with Gasteiger partial charge in [-0.15, -0.1) is 0 Å². The van der Waals surface area contributed by atoms with E-state index in [1.54, 1.807) is 6.08 Å². The van der Waals surface area contributed by atoms with E-state index in [4.69, 9.17) is 5.11 Å². The smallest absolute Gasteiger partial charge is 0.303 e. The van der Waals surface area contributed by atoms with Crippen molar-refractivity contribution in [2.24, 2.45) is 0 Å². The number of aryl methyl sites for hydroxylation is 1. The Morgan fingerprint density at radius 3 is 2.91 bits per heavy atom. The number of aromatic nitrogens is 1. The summed E-state index contributed by atoms with van der Waals surface area (Å²) in [6.45, 7) is 1.93. The summed E-state index contributed by atoms with van der Waals surface area (Å²) in [5, 5.41) is 11.7. The van der Waals surface area contributed by atoms with E-state index in [2.05, 4.69) is 26.2 Å². The van der Waals surface area contributed by atoms with Gasteiger partial charge in [0.05, 0.1) is 5.57 Å². The summed E-state index contributed by atoms with van der Waals surface area (Å²) in [7, 11) is 0. The summed E-state index contributed by atoms with van der Waals surface area (Å²) >= 11 is 3.42. The number of benzene rings is 1. The molecule has 6 heteroatoms. The summed E-state index contributed by atoms with van der Waals surface area (Å²) < 4.78 is 0.896. The summed E-state index contributed by atoms with van der Waals surface area (Å²) in [6.07, 6.45) is 4.11. The van der Waals surface area contributed by atoms with Gasteiger partial charge in [-0.05, 0) is 48.7 Å². The van der Waals surface area contributed by atoms with Gasteiger partial charge >= 0.3 is 5.97 Å². The van der Waals surface area contributed by atoms with Crippen molar-refractivity contribution in [3.05, 3.63) is 51.3 Å². The van der Waals surface area contributed by atoms with E-state index in [0.29, 0.717) is 12.0 Å². The van der Waals surface area contributed by atoms with Crippen LogP contribution in [-0.2, 0) is 16.0 Å². The third-order valence-corrected chi connectivity index (χ3v) is 4.38. The van der Waals surface area contributed by atoms with Crippen molar-refractivity contribution in [3.63, 3.8) is 0 Å². The average molecular weight is 375 g/mol. The number of hydrogen-bond acceptors (Lipinski definition) is 2. The highest BCUT2D eigenvalue weighted by Gasteiger charge is 2.24. The number of amides is 1. The number of carboxylic acid groups (broad SMARTS) is 1. The molecule has 0 spiro atoms. The Labute approximate surface area is 141 Å². The lowest BCUT2D eigenvalue weighted by molar-refractivity contribution is -0.137. The van der Waals surface area contributed by atoms with Crippen molar-refractivity contribution >= 4 is 45.1 Å². The molecule has 1 aliphatic rings. The van der Waals surface area contributed by atoms with Crippen LogP contribution in [0.3, 0.4) is 0 Å². The highest BCUT2D eigenvalue weighted by molar-refractivity contribution is 9.10.